The first-order valence-electron chi connectivity index (χ1n) is 18.8. The molecule has 0 atom stereocenters. The predicted octanol–water partition coefficient (Wildman–Crippen LogP) is 6.69. The first-order chi connectivity index (χ1) is 27.8. The second-order valence-corrected chi connectivity index (χ2v) is 14.3. The van der Waals surface area contributed by atoms with E-state index in [2.05, 4.69) is 43.2 Å². The van der Waals surface area contributed by atoms with E-state index in [1.54, 1.807) is 60.7 Å². The van der Waals surface area contributed by atoms with Crippen LogP contribution in [0.3, 0.4) is 0 Å². The monoisotopic (exact) mass is 836 g/mol. The highest BCUT2D eigenvalue weighted by Crippen LogP contribution is 2.12. The Morgan fingerprint density at radius 3 is 0.966 bits per heavy atom. The van der Waals surface area contributed by atoms with E-state index in [1.165, 1.54) is 25.3 Å². The van der Waals surface area contributed by atoms with E-state index >= 15 is 0 Å². The number of nitrogens with zero attached hydrogens (tertiary/aromatic N) is 4. The molecular formula is C44H54Cl2N4O8. The van der Waals surface area contributed by atoms with E-state index in [-0.39, 0.29) is 11.9 Å². The number of alkyl halides is 2. The summed E-state index contributed by atoms with van der Waals surface area (Å²) in [4.78, 5) is 52.9. The van der Waals surface area contributed by atoms with E-state index in [1.807, 2.05) is 36.4 Å². The number of aromatic carboxylic acids is 2. The molecule has 58 heavy (non-hydrogen) atoms. The average molecular weight is 838 g/mol. The minimum atomic E-state index is -0.911. The van der Waals surface area contributed by atoms with Crippen molar-refractivity contribution in [1.29, 1.82) is 0 Å². The maximum absolute atomic E-state index is 11.3. The lowest BCUT2D eigenvalue weighted by atomic mass is 10.1. The molecule has 0 amide bonds. The molecule has 2 N–H and O–H groups in total. The van der Waals surface area contributed by atoms with Crippen molar-refractivity contribution in [2.45, 2.75) is 24.8 Å². The van der Waals surface area contributed by atoms with Crippen LogP contribution in [0.2, 0.25) is 0 Å². The first kappa shape index (κ1) is 47.6. The third kappa shape index (κ3) is 17.0. The van der Waals surface area contributed by atoms with Gasteiger partial charge in [0.05, 0.1) is 36.5 Å². The van der Waals surface area contributed by atoms with Gasteiger partial charge < -0.3 is 29.5 Å². The number of carboxylic acids is 2. The molecular weight excluding hydrogens is 783 g/mol. The molecule has 12 nitrogen and oxygen atoms in total. The Balaban J connectivity index is 0.000000211. The van der Waals surface area contributed by atoms with Gasteiger partial charge in [0, 0.05) is 77.2 Å². The molecule has 0 unspecified atom stereocenters. The number of piperazine rings is 2. The molecule has 0 spiro atoms. The molecule has 0 aliphatic carbocycles. The Hall–Kier alpha value is -4.82. The quantitative estimate of drug-likeness (QED) is 0.130. The highest BCUT2D eigenvalue weighted by Gasteiger charge is 2.15. The largest absolute Gasteiger partial charge is 0.478 e. The number of hydrogen-bond donors (Lipinski definition) is 2. The van der Waals surface area contributed by atoms with Gasteiger partial charge in [-0.15, -0.1) is 23.2 Å². The number of carbonyl (C=O) groups excluding carboxylic acids is 2. The van der Waals surface area contributed by atoms with Gasteiger partial charge in [-0.2, -0.15) is 0 Å². The van der Waals surface area contributed by atoms with Crippen LogP contribution in [0.25, 0.3) is 0 Å². The van der Waals surface area contributed by atoms with Gasteiger partial charge in [0.1, 0.15) is 0 Å². The standard InChI is InChI=1S/C14H20N2O2.C13H18N2O2.C9H9ClO2.C8H7ClO2/c1-15-7-9-16(10-8-15)11-12-3-5-13(6-4-12)14(17)18-2;1-14-6-8-15(9-7-14)10-11-2-4-12(5-3-11)13(16)17;1-12-9(11)8-4-2-7(6-10)3-5-8;9-5-6-1-3-7(4-2-6)8(10)11/h3-6H,7-11H2,1-2H3;2-5H,6-10H2,1H3,(H,16,17);2-5H,6H2,1H3;1-4H,5H2,(H,10,11). The Kier molecular flexibility index (Phi) is 20.9. The average Bonchev–Trinajstić information content (AvgIpc) is 3.26. The first-order valence-corrected chi connectivity index (χ1v) is 19.8. The van der Waals surface area contributed by atoms with Crippen LogP contribution in [0.1, 0.15) is 63.7 Å². The van der Waals surface area contributed by atoms with Gasteiger partial charge in [-0.1, -0.05) is 48.5 Å². The summed E-state index contributed by atoms with van der Waals surface area (Å²) < 4.78 is 9.22. The number of likely N-dealkylation sites (N-methyl/N-ethyl adjacent to an activating group) is 2. The lowest BCUT2D eigenvalue weighted by Gasteiger charge is -2.32. The Bertz CT molecular complexity index is 1840. The van der Waals surface area contributed by atoms with Crippen molar-refractivity contribution in [3.8, 4) is 0 Å². The van der Waals surface area contributed by atoms with Gasteiger partial charge in [-0.05, 0) is 84.9 Å². The number of methoxy groups -OCH3 is 2. The van der Waals surface area contributed by atoms with Gasteiger partial charge in [-0.3, -0.25) is 9.80 Å². The van der Waals surface area contributed by atoms with Gasteiger partial charge in [-0.25, -0.2) is 19.2 Å². The van der Waals surface area contributed by atoms with Gasteiger partial charge >= 0.3 is 23.9 Å². The SMILES string of the molecule is CN1CCN(Cc2ccc(C(=O)O)cc2)CC1.COC(=O)c1ccc(CCl)cc1.COC(=O)c1ccc(CN2CCN(C)CC2)cc1.O=C(O)c1ccc(CCl)cc1. The molecule has 2 fully saturated rings. The summed E-state index contributed by atoms with van der Waals surface area (Å²) in [5.74, 6) is -1.50. The molecule has 0 saturated carbocycles. The third-order valence-electron chi connectivity index (χ3n) is 9.46. The van der Waals surface area contributed by atoms with Gasteiger partial charge in [0.15, 0.2) is 0 Å². The number of carbonyl (C=O) groups is 4. The second kappa shape index (κ2) is 25.5. The van der Waals surface area contributed by atoms with Crippen LogP contribution < -0.4 is 0 Å². The summed E-state index contributed by atoms with van der Waals surface area (Å²) in [5.41, 5.74) is 6.14. The molecule has 0 radical (unpaired) electrons. The predicted molar refractivity (Wildman–Crippen MR) is 227 cm³/mol. The number of carboxylic acid groups (broad SMARTS) is 2. The van der Waals surface area contributed by atoms with Crippen molar-refractivity contribution in [3.63, 3.8) is 0 Å². The zero-order chi connectivity index (χ0) is 42.5. The van der Waals surface area contributed by atoms with Crippen LogP contribution in [-0.2, 0) is 34.3 Å². The summed E-state index contributed by atoms with van der Waals surface area (Å²) in [7, 11) is 7.06. The lowest BCUT2D eigenvalue weighted by molar-refractivity contribution is 0.0592. The van der Waals surface area contributed by atoms with Crippen molar-refractivity contribution >= 4 is 47.1 Å². The highest BCUT2D eigenvalue weighted by atomic mass is 35.5. The second-order valence-electron chi connectivity index (χ2n) is 13.8. The molecule has 0 bridgehead atoms. The molecule has 2 aliphatic rings. The topological polar surface area (TPSA) is 140 Å². The normalized spacial score (nSPS) is 14.6. The number of halogens is 2. The molecule has 2 aliphatic heterocycles. The summed E-state index contributed by atoms with van der Waals surface area (Å²) in [6.07, 6.45) is 0. The van der Waals surface area contributed by atoms with Crippen molar-refractivity contribution in [2.24, 2.45) is 0 Å². The van der Waals surface area contributed by atoms with E-state index in [0.29, 0.717) is 34.0 Å². The number of ether oxygens (including phenoxy) is 2. The molecule has 2 saturated heterocycles. The van der Waals surface area contributed by atoms with E-state index in [0.717, 1.165) is 76.6 Å². The summed E-state index contributed by atoms with van der Waals surface area (Å²) in [6, 6.07) is 28.3. The summed E-state index contributed by atoms with van der Waals surface area (Å²) in [6.45, 7) is 10.7. The van der Waals surface area contributed by atoms with Crippen LogP contribution in [0.15, 0.2) is 97.1 Å². The van der Waals surface area contributed by atoms with Crippen molar-refractivity contribution in [1.82, 2.24) is 19.6 Å². The van der Waals surface area contributed by atoms with Crippen molar-refractivity contribution in [3.05, 3.63) is 142 Å². The maximum atomic E-state index is 11.3. The third-order valence-corrected chi connectivity index (χ3v) is 10.1. The molecule has 312 valence electrons. The Morgan fingerprint density at radius 2 is 0.724 bits per heavy atom. The fraction of sp³-hybridized carbons (Fsp3) is 0.364. The molecule has 4 aromatic rings. The van der Waals surface area contributed by atoms with Gasteiger partial charge in [0.2, 0.25) is 0 Å². The number of hydrogen-bond acceptors (Lipinski definition) is 10. The molecule has 6 rings (SSSR count). The zero-order valence-electron chi connectivity index (χ0n) is 33.6. The molecule has 14 heteroatoms. The van der Waals surface area contributed by atoms with Crippen LogP contribution in [0, 0.1) is 0 Å². The minimum absolute atomic E-state index is 0.277. The fourth-order valence-electron chi connectivity index (χ4n) is 5.73. The molecule has 0 aromatic heterocycles. The number of esters is 2. The zero-order valence-corrected chi connectivity index (χ0v) is 35.1. The van der Waals surface area contributed by atoms with Crippen LogP contribution >= 0.6 is 23.2 Å². The van der Waals surface area contributed by atoms with E-state index in [4.69, 9.17) is 33.4 Å². The number of rotatable bonds is 10. The lowest BCUT2D eigenvalue weighted by Crippen LogP contribution is -2.43. The van der Waals surface area contributed by atoms with E-state index in [9.17, 15) is 19.2 Å². The van der Waals surface area contributed by atoms with Crippen molar-refractivity contribution < 1.29 is 38.9 Å². The molecule has 2 heterocycles. The van der Waals surface area contributed by atoms with Crippen LogP contribution in [-0.4, -0.2) is 134 Å². The highest BCUT2D eigenvalue weighted by molar-refractivity contribution is 6.17. The summed E-state index contributed by atoms with van der Waals surface area (Å²) in [5, 5.41) is 17.3. The van der Waals surface area contributed by atoms with Crippen LogP contribution in [0.4, 0.5) is 0 Å². The summed E-state index contributed by atoms with van der Waals surface area (Å²) >= 11 is 11.1. The fourth-order valence-corrected chi connectivity index (χ4v) is 6.09. The van der Waals surface area contributed by atoms with E-state index < -0.39 is 11.9 Å². The maximum Gasteiger partial charge on any atom is 0.337 e. The number of benzene rings is 4. The van der Waals surface area contributed by atoms with Gasteiger partial charge in [0.25, 0.3) is 0 Å². The smallest absolute Gasteiger partial charge is 0.337 e. The minimum Gasteiger partial charge on any atom is -0.478 e. The Morgan fingerprint density at radius 1 is 0.466 bits per heavy atom. The van der Waals surface area contributed by atoms with Crippen LogP contribution in [0.5, 0.6) is 0 Å². The van der Waals surface area contributed by atoms with Crippen molar-refractivity contribution in [2.75, 3.05) is 80.7 Å². The Labute approximate surface area is 351 Å². The molecule has 4 aromatic carbocycles.